The summed E-state index contributed by atoms with van der Waals surface area (Å²) in [4.78, 5) is 22.7. The molecule has 1 aromatic carbocycles. The average molecular weight is 525 g/mol. The first-order valence-corrected chi connectivity index (χ1v) is 15.1. The number of hydrogen-bond donors (Lipinski definition) is 0. The van der Waals surface area contributed by atoms with Gasteiger partial charge in [0.2, 0.25) is 5.91 Å². The van der Waals surface area contributed by atoms with Crippen molar-refractivity contribution in [1.82, 2.24) is 14.7 Å². The van der Waals surface area contributed by atoms with Gasteiger partial charge in [-0.25, -0.2) is 0 Å². The maximum Gasteiger partial charge on any atom is 0.241 e. The standard InChI is InChI=1S/C26H40N4O.C5H10.C2H6/c1-3-4-14-28-20-23-7-5-6-8-25(23)30(26(31)21-28)19-11-22-9-17-29(18-10-22)24-12-15-27(2)16-13-24;1-4-5(2)3;1-2/h3,5-8,22,24H,1,4,9-21H2,2H3;4H,1-3H3;1-2H3. The Morgan fingerprint density at radius 3 is 2.21 bits per heavy atom. The van der Waals surface area contributed by atoms with Crippen LogP contribution in [0.5, 0.6) is 0 Å². The van der Waals surface area contributed by atoms with Crippen LogP contribution in [0.1, 0.15) is 78.7 Å². The number of hydrogen-bond acceptors (Lipinski definition) is 4. The maximum absolute atomic E-state index is 13.2. The first-order valence-electron chi connectivity index (χ1n) is 15.1. The molecule has 0 atom stereocenters. The minimum atomic E-state index is 0.248. The van der Waals surface area contributed by atoms with Crippen LogP contribution in [0.3, 0.4) is 0 Å². The second-order valence-electron chi connectivity index (χ2n) is 11.1. The molecule has 3 heterocycles. The number of anilines is 1. The van der Waals surface area contributed by atoms with Gasteiger partial charge in [-0.3, -0.25) is 9.69 Å². The largest absolute Gasteiger partial charge is 0.311 e. The Hall–Kier alpha value is -1.95. The highest BCUT2D eigenvalue weighted by molar-refractivity contribution is 5.96. The third-order valence-corrected chi connectivity index (χ3v) is 8.18. The molecule has 0 bridgehead atoms. The van der Waals surface area contributed by atoms with E-state index in [1.54, 1.807) is 0 Å². The summed E-state index contributed by atoms with van der Waals surface area (Å²) in [7, 11) is 2.24. The molecule has 2 fully saturated rings. The Balaban J connectivity index is 0.000000651. The highest BCUT2D eigenvalue weighted by Gasteiger charge is 2.29. The molecule has 5 heteroatoms. The predicted octanol–water partition coefficient (Wildman–Crippen LogP) is 6.61. The molecular formula is C33H56N4O. The summed E-state index contributed by atoms with van der Waals surface area (Å²) in [5.74, 6) is 0.986. The maximum atomic E-state index is 13.2. The lowest BCUT2D eigenvalue weighted by atomic mass is 9.91. The van der Waals surface area contributed by atoms with Crippen molar-refractivity contribution in [2.45, 2.75) is 85.7 Å². The Morgan fingerprint density at radius 1 is 0.974 bits per heavy atom. The molecule has 3 aliphatic heterocycles. The minimum Gasteiger partial charge on any atom is -0.311 e. The monoisotopic (exact) mass is 524 g/mol. The number of piperidine rings is 2. The van der Waals surface area contributed by atoms with Crippen LogP contribution in [0.15, 0.2) is 48.6 Å². The van der Waals surface area contributed by atoms with E-state index in [4.69, 9.17) is 0 Å². The molecule has 1 aromatic rings. The fourth-order valence-electron chi connectivity index (χ4n) is 5.57. The zero-order chi connectivity index (χ0) is 27.9. The number of carbonyl (C=O) groups excluding carboxylic acids is 1. The van der Waals surface area contributed by atoms with E-state index in [2.05, 4.69) is 77.4 Å². The van der Waals surface area contributed by atoms with Gasteiger partial charge in [0, 0.05) is 31.4 Å². The number of carbonyl (C=O) groups is 1. The van der Waals surface area contributed by atoms with Gasteiger partial charge < -0.3 is 14.7 Å². The summed E-state index contributed by atoms with van der Waals surface area (Å²) >= 11 is 0. The fourth-order valence-corrected chi connectivity index (χ4v) is 5.57. The van der Waals surface area contributed by atoms with Crippen LogP contribution in [0.25, 0.3) is 0 Å². The molecule has 0 unspecified atom stereocenters. The van der Waals surface area contributed by atoms with E-state index >= 15 is 0 Å². The molecule has 0 radical (unpaired) electrons. The highest BCUT2D eigenvalue weighted by atomic mass is 16.2. The van der Waals surface area contributed by atoms with Crippen LogP contribution < -0.4 is 4.90 Å². The van der Waals surface area contributed by atoms with Crippen molar-refractivity contribution in [3.63, 3.8) is 0 Å². The minimum absolute atomic E-state index is 0.248. The van der Waals surface area contributed by atoms with Crippen molar-refractivity contribution in [1.29, 1.82) is 0 Å². The van der Waals surface area contributed by atoms with E-state index in [-0.39, 0.29) is 5.91 Å². The normalized spacial score (nSPS) is 19.8. The molecule has 0 aliphatic carbocycles. The Kier molecular flexibility index (Phi) is 14.9. The zero-order valence-electron chi connectivity index (χ0n) is 25.4. The van der Waals surface area contributed by atoms with Crippen molar-refractivity contribution in [3.05, 3.63) is 54.1 Å². The fraction of sp³-hybridized carbons (Fsp3) is 0.667. The molecular weight excluding hydrogens is 468 g/mol. The molecule has 3 aliphatic rings. The molecule has 4 rings (SSSR count). The summed E-state index contributed by atoms with van der Waals surface area (Å²) < 4.78 is 0. The van der Waals surface area contributed by atoms with E-state index in [0.717, 1.165) is 50.1 Å². The molecule has 0 aromatic heterocycles. The summed E-state index contributed by atoms with van der Waals surface area (Å²) in [6.07, 6.45) is 11.3. The molecule has 214 valence electrons. The molecule has 2 saturated heterocycles. The van der Waals surface area contributed by atoms with Gasteiger partial charge in [0.25, 0.3) is 0 Å². The van der Waals surface area contributed by atoms with Gasteiger partial charge in [-0.2, -0.15) is 0 Å². The lowest BCUT2D eigenvalue weighted by molar-refractivity contribution is -0.119. The lowest BCUT2D eigenvalue weighted by Gasteiger charge is -2.41. The van der Waals surface area contributed by atoms with Gasteiger partial charge in [-0.05, 0) is 110 Å². The molecule has 38 heavy (non-hydrogen) atoms. The summed E-state index contributed by atoms with van der Waals surface area (Å²) in [5, 5.41) is 0. The van der Waals surface area contributed by atoms with E-state index in [0.29, 0.717) is 6.54 Å². The van der Waals surface area contributed by atoms with Crippen molar-refractivity contribution < 1.29 is 4.79 Å². The first kappa shape index (κ1) is 32.3. The van der Waals surface area contributed by atoms with Gasteiger partial charge >= 0.3 is 0 Å². The average Bonchev–Trinajstić information content (AvgIpc) is 3.08. The number of allylic oxidation sites excluding steroid dienone is 2. The quantitative estimate of drug-likeness (QED) is 0.376. The third-order valence-electron chi connectivity index (χ3n) is 8.18. The Labute approximate surface area is 234 Å². The number of fused-ring (bicyclic) bond motifs is 1. The molecule has 5 nitrogen and oxygen atoms in total. The number of likely N-dealkylation sites (tertiary alicyclic amines) is 2. The number of rotatable bonds is 7. The van der Waals surface area contributed by atoms with Crippen LogP contribution in [0, 0.1) is 5.92 Å². The highest BCUT2D eigenvalue weighted by Crippen LogP contribution is 2.29. The second-order valence-corrected chi connectivity index (χ2v) is 11.1. The number of amides is 1. The predicted molar refractivity (Wildman–Crippen MR) is 165 cm³/mol. The summed E-state index contributed by atoms with van der Waals surface area (Å²) in [5.41, 5.74) is 3.77. The van der Waals surface area contributed by atoms with Crippen LogP contribution in [0.4, 0.5) is 5.69 Å². The van der Waals surface area contributed by atoms with E-state index in [1.807, 2.05) is 26.8 Å². The second kappa shape index (κ2) is 17.6. The van der Waals surface area contributed by atoms with Gasteiger partial charge in [0.1, 0.15) is 0 Å². The first-order chi connectivity index (χ1) is 18.4. The summed E-state index contributed by atoms with van der Waals surface area (Å²) in [6, 6.07) is 9.27. The van der Waals surface area contributed by atoms with Crippen LogP contribution >= 0.6 is 0 Å². The van der Waals surface area contributed by atoms with Gasteiger partial charge in [-0.1, -0.05) is 49.8 Å². The van der Waals surface area contributed by atoms with Crippen LogP contribution in [-0.2, 0) is 11.3 Å². The van der Waals surface area contributed by atoms with Crippen molar-refractivity contribution in [2.24, 2.45) is 5.92 Å². The number of benzene rings is 1. The van der Waals surface area contributed by atoms with Gasteiger partial charge in [0.05, 0.1) is 6.54 Å². The van der Waals surface area contributed by atoms with E-state index in [1.165, 1.54) is 63.0 Å². The molecule has 1 amide bonds. The smallest absolute Gasteiger partial charge is 0.241 e. The third kappa shape index (κ3) is 10.3. The van der Waals surface area contributed by atoms with Crippen molar-refractivity contribution in [2.75, 3.05) is 57.8 Å². The Morgan fingerprint density at radius 2 is 1.61 bits per heavy atom. The van der Waals surface area contributed by atoms with Gasteiger partial charge in [-0.15, -0.1) is 6.58 Å². The van der Waals surface area contributed by atoms with Crippen LogP contribution in [0.2, 0.25) is 0 Å². The number of nitrogens with zero attached hydrogens (tertiary/aromatic N) is 4. The lowest BCUT2D eigenvalue weighted by Crippen LogP contribution is -2.47. The zero-order valence-corrected chi connectivity index (χ0v) is 25.4. The SMILES string of the molecule is C=CCCN1CC(=O)N(CCC2CCN(C3CCN(C)CC3)CC2)c2ccccc2C1.CC.CC=C(C)C. The molecule has 0 saturated carbocycles. The van der Waals surface area contributed by atoms with Gasteiger partial charge in [0.15, 0.2) is 0 Å². The molecule has 0 spiro atoms. The van der Waals surface area contributed by atoms with E-state index in [9.17, 15) is 4.79 Å². The summed E-state index contributed by atoms with van der Waals surface area (Å²) in [6.45, 7) is 22.1. The van der Waals surface area contributed by atoms with E-state index < -0.39 is 0 Å². The molecule has 0 N–H and O–H groups in total. The Bertz CT molecular complexity index is 846. The topological polar surface area (TPSA) is 30.0 Å². The number of para-hydroxylation sites is 1. The van der Waals surface area contributed by atoms with Crippen molar-refractivity contribution >= 4 is 11.6 Å². The van der Waals surface area contributed by atoms with Crippen molar-refractivity contribution in [3.8, 4) is 0 Å². The van der Waals surface area contributed by atoms with Crippen LogP contribution in [-0.4, -0.2) is 79.5 Å².